The quantitative estimate of drug-likeness (QED) is 0.488. The molecule has 0 radical (unpaired) electrons. The van der Waals surface area contributed by atoms with E-state index in [1.807, 2.05) is 13.8 Å². The Kier molecular flexibility index (Phi) is 5.09. The predicted molar refractivity (Wildman–Crippen MR) is 110 cm³/mol. The molecule has 0 saturated carbocycles. The molecule has 154 valence electrons. The van der Waals surface area contributed by atoms with E-state index < -0.39 is 11.1 Å². The molecule has 0 aliphatic carbocycles. The lowest BCUT2D eigenvalue weighted by molar-refractivity contribution is 0.242. The van der Waals surface area contributed by atoms with Crippen LogP contribution in [0.2, 0.25) is 0 Å². The van der Waals surface area contributed by atoms with Crippen molar-refractivity contribution in [2.45, 2.75) is 26.5 Å². The van der Waals surface area contributed by atoms with E-state index in [0.29, 0.717) is 34.1 Å². The SMILES string of the molecule is COc1ccc(OCc2nc(-c3ccc4c(c3)[nH]c(=O)c(=O)n4C(C)C)no2)cc1. The summed E-state index contributed by atoms with van der Waals surface area (Å²) >= 11 is 0. The van der Waals surface area contributed by atoms with E-state index in [1.54, 1.807) is 49.6 Å². The number of ether oxygens (including phenoxy) is 2. The normalized spacial score (nSPS) is 11.2. The van der Waals surface area contributed by atoms with E-state index in [0.717, 1.165) is 5.75 Å². The van der Waals surface area contributed by atoms with Crippen LogP contribution in [0.3, 0.4) is 0 Å². The number of aromatic amines is 1. The highest BCUT2D eigenvalue weighted by molar-refractivity contribution is 5.80. The van der Waals surface area contributed by atoms with Crippen LogP contribution >= 0.6 is 0 Å². The second-order valence-corrected chi connectivity index (χ2v) is 6.93. The molecule has 4 aromatic rings. The number of H-pyrrole nitrogens is 1. The molecule has 2 aromatic carbocycles. The fourth-order valence-electron chi connectivity index (χ4n) is 3.14. The van der Waals surface area contributed by atoms with Gasteiger partial charge in [0.05, 0.1) is 18.1 Å². The number of rotatable bonds is 6. The standard InChI is InChI=1S/C21H20N4O5/c1-12(2)25-17-9-4-13(10-16(17)22-20(26)21(25)27)19-23-18(30-24-19)11-29-15-7-5-14(28-3)6-8-15/h4-10,12H,11H2,1-3H3,(H,22,26). The number of fused-ring (bicyclic) bond motifs is 1. The molecule has 4 rings (SSSR count). The van der Waals surface area contributed by atoms with Crippen molar-refractivity contribution in [1.29, 1.82) is 0 Å². The third kappa shape index (κ3) is 3.69. The van der Waals surface area contributed by atoms with E-state index in [9.17, 15) is 9.59 Å². The summed E-state index contributed by atoms with van der Waals surface area (Å²) in [6, 6.07) is 12.2. The molecule has 0 aliphatic rings. The van der Waals surface area contributed by atoms with Gasteiger partial charge in [-0.25, -0.2) is 0 Å². The first-order valence-electron chi connectivity index (χ1n) is 9.34. The maximum Gasteiger partial charge on any atom is 0.316 e. The van der Waals surface area contributed by atoms with Crippen LogP contribution in [-0.4, -0.2) is 26.8 Å². The van der Waals surface area contributed by atoms with Gasteiger partial charge in [0.1, 0.15) is 11.5 Å². The van der Waals surface area contributed by atoms with Gasteiger partial charge in [-0.3, -0.25) is 14.2 Å². The van der Waals surface area contributed by atoms with Crippen molar-refractivity contribution >= 4 is 11.0 Å². The van der Waals surface area contributed by atoms with Crippen LogP contribution < -0.4 is 20.6 Å². The van der Waals surface area contributed by atoms with Gasteiger partial charge in [0, 0.05) is 11.6 Å². The van der Waals surface area contributed by atoms with Crippen molar-refractivity contribution in [3.05, 3.63) is 69.1 Å². The molecule has 1 N–H and O–H groups in total. The van der Waals surface area contributed by atoms with Gasteiger partial charge in [0.15, 0.2) is 6.61 Å². The minimum absolute atomic E-state index is 0.108. The van der Waals surface area contributed by atoms with Crippen molar-refractivity contribution in [2.24, 2.45) is 0 Å². The Morgan fingerprint density at radius 1 is 1.10 bits per heavy atom. The van der Waals surface area contributed by atoms with Gasteiger partial charge in [-0.2, -0.15) is 4.98 Å². The van der Waals surface area contributed by atoms with Crippen LogP contribution in [0.1, 0.15) is 25.8 Å². The minimum Gasteiger partial charge on any atom is -0.497 e. The molecular weight excluding hydrogens is 388 g/mol. The average molecular weight is 408 g/mol. The summed E-state index contributed by atoms with van der Waals surface area (Å²) in [4.78, 5) is 31.1. The lowest BCUT2D eigenvalue weighted by atomic mass is 10.1. The molecule has 9 heteroatoms. The highest BCUT2D eigenvalue weighted by atomic mass is 16.5. The smallest absolute Gasteiger partial charge is 0.316 e. The molecule has 2 aromatic heterocycles. The number of aromatic nitrogens is 4. The van der Waals surface area contributed by atoms with Gasteiger partial charge in [0.2, 0.25) is 5.82 Å². The zero-order chi connectivity index (χ0) is 21.3. The van der Waals surface area contributed by atoms with Crippen LogP contribution in [0.25, 0.3) is 22.4 Å². The van der Waals surface area contributed by atoms with Crippen LogP contribution in [-0.2, 0) is 6.61 Å². The Labute approximate surface area is 170 Å². The molecule has 0 saturated heterocycles. The van der Waals surface area contributed by atoms with Crippen LogP contribution in [0.4, 0.5) is 0 Å². The van der Waals surface area contributed by atoms with Gasteiger partial charge in [0.25, 0.3) is 5.89 Å². The van der Waals surface area contributed by atoms with Crippen molar-refractivity contribution in [3.63, 3.8) is 0 Å². The number of hydrogen-bond acceptors (Lipinski definition) is 7. The Morgan fingerprint density at radius 2 is 1.83 bits per heavy atom. The van der Waals surface area contributed by atoms with Crippen molar-refractivity contribution in [3.8, 4) is 22.9 Å². The van der Waals surface area contributed by atoms with E-state index in [4.69, 9.17) is 14.0 Å². The predicted octanol–water partition coefficient (Wildman–Crippen LogP) is 2.91. The summed E-state index contributed by atoms with van der Waals surface area (Å²) in [5, 5.41) is 3.98. The van der Waals surface area contributed by atoms with E-state index in [-0.39, 0.29) is 12.6 Å². The molecular formula is C21H20N4O5. The molecule has 0 atom stereocenters. The number of benzene rings is 2. The van der Waals surface area contributed by atoms with Crippen LogP contribution in [0, 0.1) is 0 Å². The maximum absolute atomic E-state index is 12.2. The fraction of sp³-hybridized carbons (Fsp3) is 0.238. The largest absolute Gasteiger partial charge is 0.497 e. The lowest BCUT2D eigenvalue weighted by Gasteiger charge is -2.13. The second-order valence-electron chi connectivity index (χ2n) is 6.93. The topological polar surface area (TPSA) is 112 Å². The number of nitrogens with one attached hydrogen (secondary N) is 1. The zero-order valence-electron chi connectivity index (χ0n) is 16.7. The summed E-state index contributed by atoms with van der Waals surface area (Å²) in [6.45, 7) is 3.81. The molecule has 0 aliphatic heterocycles. The van der Waals surface area contributed by atoms with Crippen molar-refractivity contribution in [2.75, 3.05) is 7.11 Å². The van der Waals surface area contributed by atoms with Gasteiger partial charge >= 0.3 is 11.1 Å². The number of nitrogens with zero attached hydrogens (tertiary/aromatic N) is 3. The Hall–Kier alpha value is -3.88. The number of hydrogen-bond donors (Lipinski definition) is 1. The van der Waals surface area contributed by atoms with Gasteiger partial charge in [-0.1, -0.05) is 5.16 Å². The fourth-order valence-corrected chi connectivity index (χ4v) is 3.14. The molecule has 0 unspecified atom stereocenters. The first-order chi connectivity index (χ1) is 14.5. The highest BCUT2D eigenvalue weighted by Gasteiger charge is 2.14. The van der Waals surface area contributed by atoms with E-state index >= 15 is 0 Å². The molecule has 0 fully saturated rings. The molecule has 0 spiro atoms. The number of methoxy groups -OCH3 is 1. The highest BCUT2D eigenvalue weighted by Crippen LogP contribution is 2.22. The molecule has 0 amide bonds. The first-order valence-corrected chi connectivity index (χ1v) is 9.34. The van der Waals surface area contributed by atoms with Gasteiger partial charge in [-0.15, -0.1) is 0 Å². The van der Waals surface area contributed by atoms with Gasteiger partial charge < -0.3 is 19.0 Å². The summed E-state index contributed by atoms with van der Waals surface area (Å²) in [7, 11) is 1.60. The minimum atomic E-state index is -0.671. The summed E-state index contributed by atoms with van der Waals surface area (Å²) < 4.78 is 17.5. The van der Waals surface area contributed by atoms with E-state index in [2.05, 4.69) is 15.1 Å². The van der Waals surface area contributed by atoms with Crippen LogP contribution in [0.5, 0.6) is 11.5 Å². The van der Waals surface area contributed by atoms with Crippen molar-refractivity contribution < 1.29 is 14.0 Å². The maximum atomic E-state index is 12.2. The Balaban J connectivity index is 1.58. The van der Waals surface area contributed by atoms with E-state index in [1.165, 1.54) is 4.57 Å². The van der Waals surface area contributed by atoms with Crippen molar-refractivity contribution in [1.82, 2.24) is 19.7 Å². The summed E-state index contributed by atoms with van der Waals surface area (Å²) in [5.74, 6) is 2.04. The lowest BCUT2D eigenvalue weighted by Crippen LogP contribution is -2.37. The second kappa shape index (κ2) is 7.86. The molecule has 0 bridgehead atoms. The Bertz CT molecular complexity index is 1300. The van der Waals surface area contributed by atoms with Crippen LogP contribution in [0.15, 0.2) is 56.6 Å². The van der Waals surface area contributed by atoms with Gasteiger partial charge in [-0.05, 0) is 56.3 Å². The average Bonchev–Trinajstić information content (AvgIpc) is 3.22. The molecule has 9 nitrogen and oxygen atoms in total. The third-order valence-electron chi connectivity index (χ3n) is 4.58. The Morgan fingerprint density at radius 3 is 2.53 bits per heavy atom. The first kappa shape index (κ1) is 19.4. The monoisotopic (exact) mass is 408 g/mol. The third-order valence-corrected chi connectivity index (χ3v) is 4.58. The summed E-state index contributed by atoms with van der Waals surface area (Å²) in [6.07, 6.45) is 0. The molecule has 30 heavy (non-hydrogen) atoms. The zero-order valence-corrected chi connectivity index (χ0v) is 16.7. The summed E-state index contributed by atoms with van der Waals surface area (Å²) in [5.41, 5.74) is 0.543. The molecule has 2 heterocycles.